The summed E-state index contributed by atoms with van der Waals surface area (Å²) in [6, 6.07) is 5.80. The van der Waals surface area contributed by atoms with Crippen LogP contribution in [0.3, 0.4) is 0 Å². The molecule has 0 radical (unpaired) electrons. The summed E-state index contributed by atoms with van der Waals surface area (Å²) in [5.41, 5.74) is 6.01. The average molecular weight is 605 g/mol. The van der Waals surface area contributed by atoms with Gasteiger partial charge in [-0.25, -0.2) is 37.1 Å². The summed E-state index contributed by atoms with van der Waals surface area (Å²) in [7, 11) is -3.81. The summed E-state index contributed by atoms with van der Waals surface area (Å²) in [5.74, 6) is -0.768. The Kier molecular flexibility index (Phi) is 6.95. The molecule has 12 nitrogen and oxygen atoms in total. The number of benzene rings is 1. The van der Waals surface area contributed by atoms with Gasteiger partial charge in [-0.2, -0.15) is 4.98 Å². The highest BCUT2D eigenvalue weighted by molar-refractivity contribution is 7.90. The fourth-order valence-corrected chi connectivity index (χ4v) is 6.53. The van der Waals surface area contributed by atoms with Gasteiger partial charge >= 0.3 is 5.69 Å². The van der Waals surface area contributed by atoms with Crippen LogP contribution >= 0.6 is 0 Å². The van der Waals surface area contributed by atoms with Crippen molar-refractivity contribution < 1.29 is 17.6 Å². The molecule has 2 aliphatic rings. The maximum absolute atomic E-state index is 15.9. The summed E-state index contributed by atoms with van der Waals surface area (Å²) >= 11 is 0. The zero-order valence-electron chi connectivity index (χ0n) is 23.6. The van der Waals surface area contributed by atoms with Crippen molar-refractivity contribution in [2.45, 2.75) is 36.6 Å². The summed E-state index contributed by atoms with van der Waals surface area (Å²) < 4.78 is 43.1. The largest absolute Gasteiger partial charge is 0.383 e. The van der Waals surface area contributed by atoms with Crippen molar-refractivity contribution in [3.8, 4) is 16.9 Å². The molecule has 6 rings (SSSR count). The first kappa shape index (κ1) is 28.4. The normalized spacial score (nSPS) is 17.3. The van der Waals surface area contributed by atoms with E-state index in [4.69, 9.17) is 5.73 Å². The number of nitrogens with zero attached hydrogens (tertiary/aromatic N) is 7. The Morgan fingerprint density at radius 2 is 1.98 bits per heavy atom. The molecule has 2 fully saturated rings. The molecule has 2 N–H and O–H groups in total. The molecule has 1 amide bonds. The number of rotatable bonds is 6. The van der Waals surface area contributed by atoms with Crippen LogP contribution in [0.5, 0.6) is 0 Å². The molecule has 222 valence electrons. The number of fused-ring (bicyclic) bond motifs is 1. The fourth-order valence-electron chi connectivity index (χ4n) is 5.64. The van der Waals surface area contributed by atoms with Crippen LogP contribution in [-0.4, -0.2) is 75.7 Å². The number of carbonyl (C=O) groups excluding carboxylic acids is 1. The van der Waals surface area contributed by atoms with E-state index in [9.17, 15) is 18.0 Å². The van der Waals surface area contributed by atoms with Crippen LogP contribution in [-0.2, 0) is 14.6 Å². The van der Waals surface area contributed by atoms with E-state index in [1.165, 1.54) is 30.7 Å². The summed E-state index contributed by atoms with van der Waals surface area (Å²) in [4.78, 5) is 46.7. The van der Waals surface area contributed by atoms with Gasteiger partial charge in [-0.15, -0.1) is 0 Å². The first-order chi connectivity index (χ1) is 20.5. The molecule has 0 bridgehead atoms. The molecule has 4 heterocycles. The molecular weight excluding hydrogens is 575 g/mol. The quantitative estimate of drug-likeness (QED) is 0.324. The Morgan fingerprint density at radius 1 is 1.21 bits per heavy atom. The molecule has 14 heteroatoms. The van der Waals surface area contributed by atoms with Crippen molar-refractivity contribution >= 4 is 38.4 Å². The number of piperazine rings is 1. The Labute approximate surface area is 246 Å². The molecule has 1 saturated heterocycles. The van der Waals surface area contributed by atoms with Gasteiger partial charge in [0.15, 0.2) is 21.3 Å². The highest BCUT2D eigenvalue weighted by atomic mass is 32.2. The van der Waals surface area contributed by atoms with Gasteiger partial charge in [0.05, 0.1) is 21.5 Å². The molecule has 3 aromatic heterocycles. The predicted octanol–water partition coefficient (Wildman–Crippen LogP) is 2.46. The first-order valence-corrected chi connectivity index (χ1v) is 15.6. The number of halogens is 1. The molecule has 1 aromatic carbocycles. The Morgan fingerprint density at radius 3 is 2.63 bits per heavy atom. The third kappa shape index (κ3) is 5.01. The first-order valence-electron chi connectivity index (χ1n) is 13.7. The SMILES string of the molecule is C=CC(=O)N1CCN(c2nc(=O)n(-c3c(C4CC4)cccc3S(C)(=O)=O)c3nc(-c4cncnc4N)c(F)cc23)[C@@H](C)C1. The van der Waals surface area contributed by atoms with E-state index < -0.39 is 21.3 Å². The molecule has 0 unspecified atom stereocenters. The van der Waals surface area contributed by atoms with Gasteiger partial charge < -0.3 is 15.5 Å². The number of nitrogens with two attached hydrogens (primary N) is 1. The van der Waals surface area contributed by atoms with Crippen molar-refractivity contribution in [2.24, 2.45) is 0 Å². The van der Waals surface area contributed by atoms with Gasteiger partial charge in [-0.3, -0.25) is 4.79 Å². The van der Waals surface area contributed by atoms with Gasteiger partial charge in [-0.1, -0.05) is 18.7 Å². The van der Waals surface area contributed by atoms with E-state index in [0.29, 0.717) is 25.2 Å². The lowest BCUT2D eigenvalue weighted by Gasteiger charge is -2.40. The van der Waals surface area contributed by atoms with Crippen LogP contribution in [0.4, 0.5) is 16.0 Å². The lowest BCUT2D eigenvalue weighted by Crippen LogP contribution is -2.54. The Hall–Kier alpha value is -4.72. The molecule has 43 heavy (non-hydrogen) atoms. The van der Waals surface area contributed by atoms with E-state index in [0.717, 1.165) is 23.7 Å². The summed E-state index contributed by atoms with van der Waals surface area (Å²) in [5, 5.41) is 0.191. The second kappa shape index (κ2) is 10.5. The van der Waals surface area contributed by atoms with Crippen molar-refractivity contribution in [3.05, 3.63) is 71.3 Å². The molecule has 1 saturated carbocycles. The smallest absolute Gasteiger partial charge is 0.355 e. The lowest BCUT2D eigenvalue weighted by atomic mass is 10.1. The highest BCUT2D eigenvalue weighted by Gasteiger charge is 2.34. The minimum Gasteiger partial charge on any atom is -0.383 e. The maximum atomic E-state index is 15.9. The third-order valence-electron chi connectivity index (χ3n) is 7.86. The standard InChI is InChI=1S/C29H29FN8O4S/c1-4-23(39)36-10-11-37(16(2)14-36)27-19-12-21(30)24(20-13-32-15-33-26(20)31)34-28(19)38(29(40)35-27)25-18(17-8-9-17)6-5-7-22(25)43(3,41)42/h4-7,12-13,15-17H,1,8-11,14H2,2-3H3,(H2,31,32,33)/t16-/m0/s1. The number of amides is 1. The minimum absolute atomic E-state index is 0.00412. The van der Waals surface area contributed by atoms with Crippen LogP contribution in [0, 0.1) is 5.82 Å². The number of para-hydroxylation sites is 1. The van der Waals surface area contributed by atoms with Crippen molar-refractivity contribution in [1.29, 1.82) is 0 Å². The second-order valence-corrected chi connectivity index (χ2v) is 12.8. The second-order valence-electron chi connectivity index (χ2n) is 10.8. The van der Waals surface area contributed by atoms with Gasteiger partial charge in [0.1, 0.15) is 23.7 Å². The van der Waals surface area contributed by atoms with Gasteiger partial charge in [0, 0.05) is 38.1 Å². The van der Waals surface area contributed by atoms with Crippen LogP contribution in [0.15, 0.2) is 59.1 Å². The van der Waals surface area contributed by atoms with Crippen LogP contribution in [0.1, 0.15) is 31.2 Å². The zero-order chi connectivity index (χ0) is 30.6. The number of carbonyl (C=O) groups is 1. The number of aromatic nitrogens is 5. The maximum Gasteiger partial charge on any atom is 0.355 e. The molecule has 1 atom stereocenters. The fraction of sp³-hybridized carbons (Fsp3) is 0.310. The van der Waals surface area contributed by atoms with Gasteiger partial charge in [0.2, 0.25) is 5.91 Å². The van der Waals surface area contributed by atoms with Crippen molar-refractivity contribution in [1.82, 2.24) is 29.4 Å². The number of anilines is 2. The zero-order valence-corrected chi connectivity index (χ0v) is 24.4. The van der Waals surface area contributed by atoms with E-state index in [1.54, 1.807) is 17.0 Å². The van der Waals surface area contributed by atoms with Crippen LogP contribution < -0.4 is 16.3 Å². The number of nitrogen functional groups attached to an aromatic ring is 1. The highest BCUT2D eigenvalue weighted by Crippen LogP contribution is 2.45. The summed E-state index contributed by atoms with van der Waals surface area (Å²) in [6.45, 7) is 6.38. The predicted molar refractivity (Wildman–Crippen MR) is 159 cm³/mol. The molecule has 1 aliphatic heterocycles. The molecule has 1 aliphatic carbocycles. The lowest BCUT2D eigenvalue weighted by molar-refractivity contribution is -0.126. The average Bonchev–Trinajstić information content (AvgIpc) is 3.82. The van der Waals surface area contributed by atoms with E-state index in [2.05, 4.69) is 26.5 Å². The van der Waals surface area contributed by atoms with Crippen LogP contribution in [0.25, 0.3) is 28.0 Å². The van der Waals surface area contributed by atoms with E-state index in [1.807, 2.05) is 11.8 Å². The Bertz CT molecular complexity index is 1980. The number of hydrogen-bond donors (Lipinski definition) is 1. The van der Waals surface area contributed by atoms with Crippen molar-refractivity contribution in [3.63, 3.8) is 0 Å². The molecule has 0 spiro atoms. The monoisotopic (exact) mass is 604 g/mol. The third-order valence-corrected chi connectivity index (χ3v) is 8.98. The number of hydrogen-bond acceptors (Lipinski definition) is 10. The summed E-state index contributed by atoms with van der Waals surface area (Å²) in [6.07, 6.45) is 6.52. The van der Waals surface area contributed by atoms with Gasteiger partial charge in [0.25, 0.3) is 0 Å². The number of sulfone groups is 1. The molecular formula is C29H29FN8O4S. The Balaban J connectivity index is 1.67. The topological polar surface area (TPSA) is 157 Å². The van der Waals surface area contributed by atoms with Gasteiger partial charge in [-0.05, 0) is 49.5 Å². The van der Waals surface area contributed by atoms with Crippen molar-refractivity contribution in [2.75, 3.05) is 36.5 Å². The number of pyridine rings is 1. The van der Waals surface area contributed by atoms with E-state index >= 15 is 4.39 Å². The minimum atomic E-state index is -3.81. The molecule has 4 aromatic rings. The van der Waals surface area contributed by atoms with Crippen LogP contribution in [0.2, 0.25) is 0 Å². The van der Waals surface area contributed by atoms with E-state index in [-0.39, 0.29) is 62.4 Å².